The minimum atomic E-state index is -0.672. The molecule has 2 aliphatic carbocycles. The Morgan fingerprint density at radius 1 is 1.21 bits per heavy atom. The Bertz CT molecular complexity index is 649. The number of carbonyl (C=O) groups is 2. The van der Waals surface area contributed by atoms with Crippen LogP contribution in [0.5, 0.6) is 0 Å². The van der Waals surface area contributed by atoms with Gasteiger partial charge in [0.2, 0.25) is 0 Å². The molecule has 0 heterocycles. The number of carbonyl (C=O) groups excluding carboxylic acids is 2. The maximum atomic E-state index is 11.8. The highest BCUT2D eigenvalue weighted by molar-refractivity contribution is 5.67. The molecule has 0 aromatic heterocycles. The summed E-state index contributed by atoms with van der Waals surface area (Å²) in [4.78, 5) is 23.3. The van der Waals surface area contributed by atoms with Gasteiger partial charge in [-0.25, -0.2) is 0 Å². The number of ether oxygens (including phenoxy) is 2. The third-order valence-corrected chi connectivity index (χ3v) is 7.27. The lowest BCUT2D eigenvalue weighted by atomic mass is 9.46. The van der Waals surface area contributed by atoms with Crippen molar-refractivity contribution in [3.8, 4) is 0 Å². The van der Waals surface area contributed by atoms with Gasteiger partial charge in [0.25, 0.3) is 0 Å². The van der Waals surface area contributed by atoms with Gasteiger partial charge >= 0.3 is 11.9 Å². The Hall–Kier alpha value is -1.58. The molecule has 0 aliphatic heterocycles. The van der Waals surface area contributed by atoms with Crippen LogP contribution in [0.4, 0.5) is 0 Å². The Kier molecular flexibility index (Phi) is 6.52. The van der Waals surface area contributed by atoms with Crippen LogP contribution in [0.1, 0.15) is 80.1 Å². The van der Waals surface area contributed by atoms with Crippen LogP contribution in [0.15, 0.2) is 24.8 Å². The predicted molar refractivity (Wildman–Crippen MR) is 112 cm³/mol. The van der Waals surface area contributed by atoms with E-state index in [0.717, 1.165) is 24.8 Å². The fraction of sp³-hybridized carbons (Fsp3) is 0.750. The fourth-order valence-corrected chi connectivity index (χ4v) is 6.24. The molecule has 5 atom stereocenters. The number of esters is 2. The van der Waals surface area contributed by atoms with Crippen LogP contribution in [0.2, 0.25) is 0 Å². The number of hydrogen-bond acceptors (Lipinski definition) is 4. The summed E-state index contributed by atoms with van der Waals surface area (Å²) in [6.45, 7) is 20.1. The van der Waals surface area contributed by atoms with Crippen molar-refractivity contribution in [1.29, 1.82) is 0 Å². The van der Waals surface area contributed by atoms with Crippen LogP contribution in [0.25, 0.3) is 0 Å². The largest absolute Gasteiger partial charge is 0.462 e. The highest BCUT2D eigenvalue weighted by atomic mass is 16.6. The Morgan fingerprint density at radius 2 is 1.86 bits per heavy atom. The van der Waals surface area contributed by atoms with Gasteiger partial charge in [-0.15, -0.1) is 0 Å². The van der Waals surface area contributed by atoms with E-state index in [1.165, 1.54) is 20.3 Å². The standard InChI is InChI=1S/C24H38O4/c1-9-23(7,28-18(4)26)14-11-19-16(2)15-20(27-17(3)25)21-22(5,6)12-10-13-24(19,21)8/h9,19-21H,1-2,10-15H2,3-8H3/t19-,20-,21-,23+,24+/m1/s1. The first-order valence-corrected chi connectivity index (χ1v) is 10.5. The minimum absolute atomic E-state index is 0.00943. The maximum absolute atomic E-state index is 11.8. The van der Waals surface area contributed by atoms with E-state index in [1.54, 1.807) is 6.08 Å². The molecular weight excluding hydrogens is 352 g/mol. The summed E-state index contributed by atoms with van der Waals surface area (Å²) in [5.41, 5.74) is 0.589. The summed E-state index contributed by atoms with van der Waals surface area (Å²) in [5.74, 6) is 0.0901. The molecule has 0 aromatic carbocycles. The van der Waals surface area contributed by atoms with Gasteiger partial charge in [0.1, 0.15) is 11.7 Å². The van der Waals surface area contributed by atoms with Crippen molar-refractivity contribution < 1.29 is 19.1 Å². The first kappa shape index (κ1) is 22.7. The van der Waals surface area contributed by atoms with E-state index in [-0.39, 0.29) is 34.8 Å². The van der Waals surface area contributed by atoms with Gasteiger partial charge in [-0.2, -0.15) is 0 Å². The summed E-state index contributed by atoms with van der Waals surface area (Å²) < 4.78 is 11.4. The molecular formula is C24H38O4. The molecule has 2 fully saturated rings. The van der Waals surface area contributed by atoms with E-state index < -0.39 is 5.60 Å². The van der Waals surface area contributed by atoms with E-state index in [2.05, 4.69) is 33.9 Å². The fourth-order valence-electron chi connectivity index (χ4n) is 6.24. The van der Waals surface area contributed by atoms with Crippen molar-refractivity contribution in [1.82, 2.24) is 0 Å². The lowest BCUT2D eigenvalue weighted by Crippen LogP contribution is -2.56. The number of fused-ring (bicyclic) bond motifs is 1. The second-order valence-corrected chi connectivity index (χ2v) is 10.0. The molecule has 0 spiro atoms. The molecule has 2 aliphatic rings. The third kappa shape index (κ3) is 4.52. The zero-order chi connectivity index (χ0) is 21.3. The van der Waals surface area contributed by atoms with Crippen LogP contribution < -0.4 is 0 Å². The second kappa shape index (κ2) is 8.04. The van der Waals surface area contributed by atoms with Gasteiger partial charge < -0.3 is 9.47 Å². The molecule has 0 amide bonds. The lowest BCUT2D eigenvalue weighted by molar-refractivity contribution is -0.171. The van der Waals surface area contributed by atoms with Gasteiger partial charge in [0.15, 0.2) is 0 Å². The van der Waals surface area contributed by atoms with Crippen LogP contribution in [0, 0.1) is 22.7 Å². The predicted octanol–water partition coefficient (Wildman–Crippen LogP) is 5.61. The highest BCUT2D eigenvalue weighted by Gasteiger charge is 2.57. The summed E-state index contributed by atoms with van der Waals surface area (Å²) in [6.07, 6.45) is 7.33. The SMILES string of the molecule is C=C[C@@](C)(CC[C@@H]1C(=C)C[C@@H](OC(C)=O)[C@@H]2C(C)(C)CCC[C@@]12C)OC(C)=O. The van der Waals surface area contributed by atoms with Gasteiger partial charge in [0, 0.05) is 26.2 Å². The molecule has 4 heteroatoms. The topological polar surface area (TPSA) is 52.6 Å². The smallest absolute Gasteiger partial charge is 0.303 e. The zero-order valence-corrected chi connectivity index (χ0v) is 18.6. The van der Waals surface area contributed by atoms with Crippen molar-refractivity contribution in [2.75, 3.05) is 0 Å². The van der Waals surface area contributed by atoms with E-state index in [9.17, 15) is 9.59 Å². The molecule has 2 rings (SSSR count). The second-order valence-electron chi connectivity index (χ2n) is 10.0. The average molecular weight is 391 g/mol. The van der Waals surface area contributed by atoms with E-state index in [4.69, 9.17) is 9.47 Å². The van der Waals surface area contributed by atoms with Crippen LogP contribution in [-0.2, 0) is 19.1 Å². The summed E-state index contributed by atoms with van der Waals surface area (Å²) in [7, 11) is 0. The Labute approximate surface area is 170 Å². The number of rotatable bonds is 6. The molecule has 0 unspecified atom stereocenters. The lowest BCUT2D eigenvalue weighted by Gasteiger charge is -2.60. The molecule has 4 nitrogen and oxygen atoms in total. The normalized spacial score (nSPS) is 33.9. The van der Waals surface area contributed by atoms with Crippen LogP contribution >= 0.6 is 0 Å². The van der Waals surface area contributed by atoms with Gasteiger partial charge in [-0.3, -0.25) is 9.59 Å². The van der Waals surface area contributed by atoms with Crippen LogP contribution in [-0.4, -0.2) is 23.6 Å². The molecule has 158 valence electrons. The van der Waals surface area contributed by atoms with Gasteiger partial charge in [-0.05, 0) is 55.4 Å². The highest BCUT2D eigenvalue weighted by Crippen LogP contribution is 2.62. The minimum Gasteiger partial charge on any atom is -0.462 e. The average Bonchev–Trinajstić information content (AvgIpc) is 2.51. The van der Waals surface area contributed by atoms with Crippen molar-refractivity contribution in [3.63, 3.8) is 0 Å². The van der Waals surface area contributed by atoms with Gasteiger partial charge in [0.05, 0.1) is 0 Å². The summed E-state index contributed by atoms with van der Waals surface area (Å²) in [6, 6.07) is 0. The number of hydrogen-bond donors (Lipinski definition) is 0. The van der Waals surface area contributed by atoms with E-state index in [1.807, 2.05) is 6.92 Å². The Morgan fingerprint density at radius 3 is 2.39 bits per heavy atom. The molecule has 0 N–H and O–H groups in total. The molecule has 0 radical (unpaired) electrons. The Balaban J connectivity index is 2.32. The monoisotopic (exact) mass is 390 g/mol. The van der Waals surface area contributed by atoms with Crippen molar-refractivity contribution in [3.05, 3.63) is 24.8 Å². The first-order chi connectivity index (χ1) is 12.8. The molecule has 0 bridgehead atoms. The van der Waals surface area contributed by atoms with E-state index >= 15 is 0 Å². The van der Waals surface area contributed by atoms with Crippen LogP contribution in [0.3, 0.4) is 0 Å². The maximum Gasteiger partial charge on any atom is 0.303 e. The molecule has 28 heavy (non-hydrogen) atoms. The van der Waals surface area contributed by atoms with Crippen molar-refractivity contribution >= 4 is 11.9 Å². The summed E-state index contributed by atoms with van der Waals surface area (Å²) in [5, 5.41) is 0. The zero-order valence-electron chi connectivity index (χ0n) is 18.6. The molecule has 2 saturated carbocycles. The van der Waals surface area contributed by atoms with Crippen molar-refractivity contribution in [2.24, 2.45) is 22.7 Å². The van der Waals surface area contributed by atoms with E-state index in [0.29, 0.717) is 18.8 Å². The summed E-state index contributed by atoms with van der Waals surface area (Å²) >= 11 is 0. The molecule has 0 saturated heterocycles. The van der Waals surface area contributed by atoms with Gasteiger partial charge in [-0.1, -0.05) is 45.9 Å². The quantitative estimate of drug-likeness (QED) is 0.437. The van der Waals surface area contributed by atoms with Crippen molar-refractivity contribution in [2.45, 2.75) is 91.8 Å². The third-order valence-electron chi connectivity index (χ3n) is 7.27. The molecule has 0 aromatic rings. The first-order valence-electron chi connectivity index (χ1n) is 10.5.